The first kappa shape index (κ1) is 25.0. The summed E-state index contributed by atoms with van der Waals surface area (Å²) in [5.41, 5.74) is 0.709. The lowest BCUT2D eigenvalue weighted by atomic mass is 10.0. The van der Waals surface area contributed by atoms with Crippen molar-refractivity contribution >= 4 is 35.0 Å². The number of fused-ring (bicyclic) bond motifs is 1. The number of nitrogens with one attached hydrogen (secondary N) is 3. The first-order valence-corrected chi connectivity index (χ1v) is 10.9. The lowest BCUT2D eigenvalue weighted by molar-refractivity contribution is 0.0878. The van der Waals surface area contributed by atoms with E-state index in [1.165, 1.54) is 58.8 Å². The second-order valence-corrected chi connectivity index (χ2v) is 7.78. The smallest absolute Gasteiger partial charge is 0.261 e. The van der Waals surface area contributed by atoms with Crippen LogP contribution in [0.3, 0.4) is 0 Å². The molecular formula is C26H23N3O8. The van der Waals surface area contributed by atoms with E-state index in [4.69, 9.17) is 18.9 Å². The van der Waals surface area contributed by atoms with Crippen molar-refractivity contribution in [3.05, 3.63) is 70.8 Å². The van der Waals surface area contributed by atoms with E-state index in [0.29, 0.717) is 23.0 Å². The number of methoxy groups -OCH3 is 4. The highest BCUT2D eigenvalue weighted by Crippen LogP contribution is 2.32. The fourth-order valence-electron chi connectivity index (χ4n) is 3.82. The van der Waals surface area contributed by atoms with Crippen LogP contribution in [0.15, 0.2) is 48.5 Å². The van der Waals surface area contributed by atoms with Crippen LogP contribution < -0.4 is 34.9 Å². The van der Waals surface area contributed by atoms with Gasteiger partial charge in [-0.15, -0.1) is 0 Å². The first-order chi connectivity index (χ1) is 17.8. The van der Waals surface area contributed by atoms with Gasteiger partial charge in [0, 0.05) is 16.8 Å². The van der Waals surface area contributed by atoms with Crippen LogP contribution in [0, 0.1) is 0 Å². The molecule has 0 atom stereocenters. The Morgan fingerprint density at radius 3 is 1.68 bits per heavy atom. The molecule has 0 saturated heterocycles. The highest BCUT2D eigenvalue weighted by Gasteiger charge is 2.31. The van der Waals surface area contributed by atoms with Crippen LogP contribution in [0.5, 0.6) is 23.0 Å². The maximum absolute atomic E-state index is 13.0. The highest BCUT2D eigenvalue weighted by atomic mass is 16.5. The molecule has 0 saturated carbocycles. The predicted octanol–water partition coefficient (Wildman–Crippen LogP) is 3.11. The fraction of sp³-hybridized carbons (Fsp3) is 0.154. The van der Waals surface area contributed by atoms with Gasteiger partial charge in [0.05, 0.1) is 45.3 Å². The van der Waals surface area contributed by atoms with Crippen molar-refractivity contribution in [2.75, 3.05) is 39.1 Å². The van der Waals surface area contributed by atoms with E-state index < -0.39 is 23.6 Å². The number of carbonyl (C=O) groups excluding carboxylic acids is 4. The van der Waals surface area contributed by atoms with Gasteiger partial charge in [0.1, 0.15) is 0 Å². The summed E-state index contributed by atoms with van der Waals surface area (Å²) in [6.45, 7) is 0. The summed E-state index contributed by atoms with van der Waals surface area (Å²) < 4.78 is 20.9. The van der Waals surface area contributed by atoms with Crippen LogP contribution >= 0.6 is 0 Å². The van der Waals surface area contributed by atoms with Gasteiger partial charge in [-0.3, -0.25) is 24.5 Å². The van der Waals surface area contributed by atoms with Crippen molar-refractivity contribution in [2.24, 2.45) is 0 Å². The Kier molecular flexibility index (Phi) is 6.96. The Morgan fingerprint density at radius 2 is 1.16 bits per heavy atom. The van der Waals surface area contributed by atoms with Crippen LogP contribution in [0.4, 0.5) is 11.4 Å². The topological polar surface area (TPSA) is 141 Å². The lowest BCUT2D eigenvalue weighted by Gasteiger charge is -2.14. The fourth-order valence-corrected chi connectivity index (χ4v) is 3.82. The standard InChI is InChI=1S/C26H23N3O8/c1-34-18-7-5-13(9-20(18)36-3)23(30)27-15-11-16-22(26(33)29-25(16)32)17(12-15)28-24(31)14-6-8-19(35-2)21(10-14)37-4/h5-12H,1-4H3,(H,27,30)(H,28,31)(H,29,32,33). The molecule has 4 rings (SSSR count). The van der Waals surface area contributed by atoms with Crippen LogP contribution in [0.2, 0.25) is 0 Å². The minimum absolute atomic E-state index is 0.0112. The summed E-state index contributed by atoms with van der Waals surface area (Å²) in [6, 6.07) is 11.9. The Hall–Kier alpha value is -5.06. The summed E-state index contributed by atoms with van der Waals surface area (Å²) in [5.74, 6) is -0.816. The van der Waals surface area contributed by atoms with Crippen LogP contribution in [0.1, 0.15) is 41.4 Å². The molecule has 0 bridgehead atoms. The summed E-state index contributed by atoms with van der Waals surface area (Å²) in [6.07, 6.45) is 0. The van der Waals surface area contributed by atoms with Gasteiger partial charge in [0.2, 0.25) is 0 Å². The van der Waals surface area contributed by atoms with E-state index in [1.54, 1.807) is 18.2 Å². The second kappa shape index (κ2) is 10.3. The van der Waals surface area contributed by atoms with Gasteiger partial charge in [-0.2, -0.15) is 0 Å². The Morgan fingerprint density at radius 1 is 0.649 bits per heavy atom. The number of rotatable bonds is 8. The minimum Gasteiger partial charge on any atom is -0.493 e. The number of benzene rings is 3. The highest BCUT2D eigenvalue weighted by molar-refractivity contribution is 6.25. The molecule has 4 amide bonds. The van der Waals surface area contributed by atoms with Gasteiger partial charge >= 0.3 is 0 Å². The summed E-state index contributed by atoms with van der Waals surface area (Å²) in [5, 5.41) is 7.53. The summed E-state index contributed by atoms with van der Waals surface area (Å²) in [7, 11) is 5.83. The molecule has 3 aromatic rings. The third kappa shape index (κ3) is 4.87. The van der Waals surface area contributed by atoms with Gasteiger partial charge < -0.3 is 29.6 Å². The normalized spacial score (nSPS) is 11.8. The maximum atomic E-state index is 13.0. The molecule has 1 aliphatic heterocycles. The zero-order valence-corrected chi connectivity index (χ0v) is 20.4. The minimum atomic E-state index is -0.666. The van der Waals surface area contributed by atoms with Gasteiger partial charge in [-0.25, -0.2) is 0 Å². The molecule has 0 radical (unpaired) electrons. The largest absolute Gasteiger partial charge is 0.493 e. The molecule has 190 valence electrons. The van der Waals surface area contributed by atoms with Crippen LogP contribution in [-0.4, -0.2) is 52.1 Å². The molecule has 0 aliphatic carbocycles. The predicted molar refractivity (Wildman–Crippen MR) is 133 cm³/mol. The van der Waals surface area contributed by atoms with Crippen molar-refractivity contribution < 1.29 is 38.1 Å². The van der Waals surface area contributed by atoms with Gasteiger partial charge in [-0.1, -0.05) is 0 Å². The Bertz CT molecular complexity index is 1430. The Labute approximate surface area is 211 Å². The zero-order chi connectivity index (χ0) is 26.7. The quantitative estimate of drug-likeness (QED) is 0.397. The number of amides is 4. The van der Waals surface area contributed by atoms with E-state index in [9.17, 15) is 19.2 Å². The molecule has 0 unspecified atom stereocenters. The molecular weight excluding hydrogens is 482 g/mol. The number of imide groups is 1. The molecule has 0 fully saturated rings. The van der Waals surface area contributed by atoms with Crippen molar-refractivity contribution in [1.82, 2.24) is 5.32 Å². The molecule has 37 heavy (non-hydrogen) atoms. The lowest BCUT2D eigenvalue weighted by Crippen LogP contribution is -2.21. The molecule has 11 nitrogen and oxygen atoms in total. The first-order valence-electron chi connectivity index (χ1n) is 10.9. The van der Waals surface area contributed by atoms with Gasteiger partial charge in [0.25, 0.3) is 23.6 Å². The monoisotopic (exact) mass is 505 g/mol. The van der Waals surface area contributed by atoms with E-state index >= 15 is 0 Å². The molecule has 3 N–H and O–H groups in total. The van der Waals surface area contributed by atoms with Crippen molar-refractivity contribution in [2.45, 2.75) is 0 Å². The number of anilines is 2. The second-order valence-electron chi connectivity index (χ2n) is 7.78. The van der Waals surface area contributed by atoms with Gasteiger partial charge in [0.15, 0.2) is 23.0 Å². The summed E-state index contributed by atoms with van der Waals surface area (Å²) in [4.78, 5) is 50.8. The van der Waals surface area contributed by atoms with Crippen molar-refractivity contribution in [1.29, 1.82) is 0 Å². The third-order valence-corrected chi connectivity index (χ3v) is 5.63. The van der Waals surface area contributed by atoms with E-state index in [0.717, 1.165) is 0 Å². The van der Waals surface area contributed by atoms with Crippen LogP contribution in [0.25, 0.3) is 0 Å². The average Bonchev–Trinajstić information content (AvgIpc) is 3.20. The average molecular weight is 505 g/mol. The molecule has 0 aromatic heterocycles. The summed E-state index contributed by atoms with van der Waals surface area (Å²) >= 11 is 0. The number of carbonyl (C=O) groups is 4. The van der Waals surface area contributed by atoms with E-state index in [1.807, 2.05) is 0 Å². The molecule has 1 heterocycles. The van der Waals surface area contributed by atoms with E-state index in [2.05, 4.69) is 16.0 Å². The van der Waals surface area contributed by atoms with Crippen LogP contribution in [-0.2, 0) is 0 Å². The molecule has 0 spiro atoms. The zero-order valence-electron chi connectivity index (χ0n) is 20.4. The maximum Gasteiger partial charge on any atom is 0.261 e. The number of ether oxygens (including phenoxy) is 4. The molecule has 1 aliphatic rings. The van der Waals surface area contributed by atoms with E-state index in [-0.39, 0.29) is 33.6 Å². The molecule has 11 heteroatoms. The van der Waals surface area contributed by atoms with Crippen molar-refractivity contribution in [3.8, 4) is 23.0 Å². The van der Waals surface area contributed by atoms with Gasteiger partial charge in [-0.05, 0) is 48.5 Å². The number of hydrogen-bond donors (Lipinski definition) is 3. The SMILES string of the molecule is COc1ccc(C(=O)Nc2cc(NC(=O)c3ccc(OC)c(OC)c3)c3c(c2)C(=O)NC3=O)cc1OC. The third-order valence-electron chi connectivity index (χ3n) is 5.63. The Balaban J connectivity index is 1.67. The van der Waals surface area contributed by atoms with Crippen molar-refractivity contribution in [3.63, 3.8) is 0 Å². The number of hydrogen-bond acceptors (Lipinski definition) is 8. The molecule has 3 aromatic carbocycles.